The van der Waals surface area contributed by atoms with Crippen LogP contribution in [-0.4, -0.2) is 33.9 Å². The van der Waals surface area contributed by atoms with Crippen molar-refractivity contribution in [1.82, 2.24) is 9.97 Å². The fourth-order valence-electron chi connectivity index (χ4n) is 2.43. The average Bonchev–Trinajstić information content (AvgIpc) is 3.29. The van der Waals surface area contributed by atoms with Gasteiger partial charge in [0.05, 0.1) is 5.03 Å². The highest BCUT2D eigenvalue weighted by atomic mass is 32.2. The first kappa shape index (κ1) is 16.9. The lowest BCUT2D eigenvalue weighted by atomic mass is 10.1. The molecule has 0 aliphatic heterocycles. The van der Waals surface area contributed by atoms with Crippen molar-refractivity contribution < 1.29 is 9.63 Å². The number of thiazole rings is 1. The molecule has 1 fully saturated rings. The number of nitrogens with zero attached hydrogens (tertiary/aromatic N) is 3. The summed E-state index contributed by atoms with van der Waals surface area (Å²) in [4.78, 5) is 26.6. The Kier molecular flexibility index (Phi) is 5.81. The first-order chi connectivity index (χ1) is 11.8. The van der Waals surface area contributed by atoms with E-state index in [1.54, 1.807) is 29.5 Å². The lowest BCUT2D eigenvalue weighted by molar-refractivity contribution is -0.110. The molecule has 3 rings (SSSR count). The maximum atomic E-state index is 12.6. The summed E-state index contributed by atoms with van der Waals surface area (Å²) >= 11 is 2.90. The van der Waals surface area contributed by atoms with E-state index in [2.05, 4.69) is 20.4 Å². The van der Waals surface area contributed by atoms with Crippen LogP contribution in [0.1, 0.15) is 31.2 Å². The van der Waals surface area contributed by atoms with Gasteiger partial charge in [0.2, 0.25) is 0 Å². The van der Waals surface area contributed by atoms with Crippen LogP contribution < -0.4 is 5.32 Å². The third-order valence-electron chi connectivity index (χ3n) is 3.68. The van der Waals surface area contributed by atoms with Gasteiger partial charge >= 0.3 is 0 Å². The second-order valence-electron chi connectivity index (χ2n) is 5.33. The zero-order valence-corrected chi connectivity index (χ0v) is 14.9. The summed E-state index contributed by atoms with van der Waals surface area (Å²) < 4.78 is 0. The number of thioether (sulfide) groups is 1. The normalized spacial score (nSPS) is 15.5. The molecule has 0 aromatic carbocycles. The third kappa shape index (κ3) is 4.33. The first-order valence-corrected chi connectivity index (χ1v) is 9.82. The minimum atomic E-state index is -0.346. The Morgan fingerprint density at radius 1 is 1.38 bits per heavy atom. The fourth-order valence-corrected chi connectivity index (χ4v) is 3.32. The van der Waals surface area contributed by atoms with E-state index in [1.165, 1.54) is 11.3 Å². The van der Waals surface area contributed by atoms with Crippen LogP contribution in [0.3, 0.4) is 0 Å². The largest absolute Gasteiger partial charge is 0.392 e. The van der Waals surface area contributed by atoms with Gasteiger partial charge in [0.15, 0.2) is 10.8 Å². The summed E-state index contributed by atoms with van der Waals surface area (Å²) in [5.74, 6) is -0.346. The molecule has 126 valence electrons. The SMILES string of the molecule is CSc1ccc(/C(=N\OC2CCCC2)C(=O)Nc2nccs2)cn1. The summed E-state index contributed by atoms with van der Waals surface area (Å²) in [5.41, 5.74) is 0.845. The molecule has 1 N–H and O–H groups in total. The Labute approximate surface area is 148 Å². The molecule has 2 aromatic heterocycles. The van der Waals surface area contributed by atoms with Crippen LogP contribution in [0.5, 0.6) is 0 Å². The molecular weight excluding hydrogens is 344 g/mol. The van der Waals surface area contributed by atoms with Gasteiger partial charge in [-0.25, -0.2) is 9.97 Å². The highest BCUT2D eigenvalue weighted by Gasteiger charge is 2.20. The molecule has 1 aliphatic carbocycles. The van der Waals surface area contributed by atoms with Crippen LogP contribution in [0.4, 0.5) is 5.13 Å². The van der Waals surface area contributed by atoms with Crippen LogP contribution in [0.15, 0.2) is 40.1 Å². The third-order valence-corrected chi connectivity index (χ3v) is 5.03. The monoisotopic (exact) mass is 362 g/mol. The molecule has 2 aromatic rings. The summed E-state index contributed by atoms with van der Waals surface area (Å²) in [6.45, 7) is 0. The van der Waals surface area contributed by atoms with E-state index in [-0.39, 0.29) is 17.7 Å². The number of rotatable bonds is 6. The second-order valence-corrected chi connectivity index (χ2v) is 7.05. The highest BCUT2D eigenvalue weighted by molar-refractivity contribution is 7.98. The molecule has 0 saturated heterocycles. The van der Waals surface area contributed by atoms with E-state index >= 15 is 0 Å². The average molecular weight is 362 g/mol. The topological polar surface area (TPSA) is 76.5 Å². The molecule has 2 heterocycles. The molecule has 0 unspecified atom stereocenters. The smallest absolute Gasteiger partial charge is 0.280 e. The van der Waals surface area contributed by atoms with E-state index in [0.29, 0.717) is 10.7 Å². The van der Waals surface area contributed by atoms with Gasteiger partial charge in [-0.05, 0) is 44.1 Å². The van der Waals surface area contributed by atoms with E-state index in [4.69, 9.17) is 4.84 Å². The number of amides is 1. The molecule has 0 bridgehead atoms. The molecule has 6 nitrogen and oxygen atoms in total. The minimum Gasteiger partial charge on any atom is -0.392 e. The minimum absolute atomic E-state index is 0.0890. The molecule has 1 amide bonds. The van der Waals surface area contributed by atoms with Gasteiger partial charge in [-0.15, -0.1) is 23.1 Å². The fraction of sp³-hybridized carbons (Fsp3) is 0.375. The molecule has 1 saturated carbocycles. The van der Waals surface area contributed by atoms with Gasteiger partial charge in [-0.3, -0.25) is 10.1 Å². The maximum Gasteiger partial charge on any atom is 0.280 e. The Morgan fingerprint density at radius 3 is 2.83 bits per heavy atom. The lowest BCUT2D eigenvalue weighted by Crippen LogP contribution is -2.25. The van der Waals surface area contributed by atoms with Gasteiger partial charge in [-0.2, -0.15) is 0 Å². The van der Waals surface area contributed by atoms with Gasteiger partial charge in [0, 0.05) is 23.3 Å². The van der Waals surface area contributed by atoms with Gasteiger partial charge < -0.3 is 4.84 Å². The van der Waals surface area contributed by atoms with Crippen molar-refractivity contribution in [2.45, 2.75) is 36.8 Å². The van der Waals surface area contributed by atoms with Crippen LogP contribution in [0.25, 0.3) is 0 Å². The number of aromatic nitrogens is 2. The number of carbonyl (C=O) groups excluding carboxylic acids is 1. The summed E-state index contributed by atoms with van der Waals surface area (Å²) in [6, 6.07) is 3.69. The van der Waals surface area contributed by atoms with Gasteiger partial charge in [0.1, 0.15) is 6.10 Å². The maximum absolute atomic E-state index is 12.6. The molecule has 8 heteroatoms. The Bertz CT molecular complexity index is 695. The van der Waals surface area contributed by atoms with E-state index in [1.807, 2.05) is 18.4 Å². The van der Waals surface area contributed by atoms with Crippen molar-refractivity contribution in [3.8, 4) is 0 Å². The van der Waals surface area contributed by atoms with Crippen LogP contribution >= 0.6 is 23.1 Å². The molecule has 1 aliphatic rings. The number of pyridine rings is 1. The van der Waals surface area contributed by atoms with Crippen LogP contribution in [0, 0.1) is 0 Å². The lowest BCUT2D eigenvalue weighted by Gasteiger charge is -2.10. The van der Waals surface area contributed by atoms with Crippen molar-refractivity contribution in [3.63, 3.8) is 0 Å². The number of oxime groups is 1. The Morgan fingerprint density at radius 2 is 2.21 bits per heavy atom. The molecular formula is C16H18N4O2S2. The Balaban J connectivity index is 1.80. The van der Waals surface area contributed by atoms with Crippen LogP contribution in [0.2, 0.25) is 0 Å². The predicted molar refractivity (Wildman–Crippen MR) is 96.6 cm³/mol. The molecule has 0 atom stereocenters. The van der Waals surface area contributed by atoms with Crippen molar-refractivity contribution in [3.05, 3.63) is 35.5 Å². The number of hydrogen-bond acceptors (Lipinski definition) is 7. The summed E-state index contributed by atoms with van der Waals surface area (Å²) in [5, 5.41) is 10.1. The quantitative estimate of drug-likeness (QED) is 0.483. The standard InChI is InChI=1S/C16H18N4O2S2/c1-23-13-7-6-11(10-18-13)14(20-22-12-4-2-3-5-12)15(21)19-16-17-8-9-24-16/h6-10,12H,2-5H2,1H3,(H,17,19,21)/b20-14+. The van der Waals surface area contributed by atoms with Crippen molar-refractivity contribution in [2.24, 2.45) is 5.16 Å². The molecule has 0 radical (unpaired) electrons. The zero-order chi connectivity index (χ0) is 16.8. The Hall–Kier alpha value is -1.93. The van der Waals surface area contributed by atoms with Crippen molar-refractivity contribution >= 4 is 39.8 Å². The molecule has 0 spiro atoms. The zero-order valence-electron chi connectivity index (χ0n) is 13.3. The number of anilines is 1. The number of carbonyl (C=O) groups is 1. The molecule has 24 heavy (non-hydrogen) atoms. The van der Waals surface area contributed by atoms with Gasteiger partial charge in [-0.1, -0.05) is 5.16 Å². The van der Waals surface area contributed by atoms with Gasteiger partial charge in [0.25, 0.3) is 5.91 Å². The first-order valence-electron chi connectivity index (χ1n) is 7.71. The number of nitrogens with one attached hydrogen (secondary N) is 1. The second kappa shape index (κ2) is 8.25. The predicted octanol–water partition coefficient (Wildman–Crippen LogP) is 3.56. The van der Waals surface area contributed by atoms with Crippen LogP contribution in [-0.2, 0) is 9.63 Å². The van der Waals surface area contributed by atoms with Crippen molar-refractivity contribution in [1.29, 1.82) is 0 Å². The number of hydrogen-bond donors (Lipinski definition) is 1. The summed E-state index contributed by atoms with van der Waals surface area (Å²) in [7, 11) is 0. The van der Waals surface area contributed by atoms with Crippen molar-refractivity contribution in [2.75, 3.05) is 11.6 Å². The van der Waals surface area contributed by atoms with E-state index in [9.17, 15) is 4.79 Å². The highest BCUT2D eigenvalue weighted by Crippen LogP contribution is 2.22. The van der Waals surface area contributed by atoms with E-state index in [0.717, 1.165) is 30.7 Å². The van der Waals surface area contributed by atoms with E-state index < -0.39 is 0 Å². The summed E-state index contributed by atoms with van der Waals surface area (Å²) in [6.07, 6.45) is 9.57.